The minimum Gasteiger partial charge on any atom is -0.481 e. The standard InChI is InChI=1S/C8H17NO2S/c1-3-4-6(12)7(9)5(2)8(10)11/h5-7,12H,3-4,9H2,1-2H3,(H,10,11)/t5?,6?,7-/m1/s1. The van der Waals surface area contributed by atoms with Crippen molar-refractivity contribution in [2.45, 2.75) is 38.0 Å². The molecule has 0 bridgehead atoms. The van der Waals surface area contributed by atoms with Crippen LogP contribution < -0.4 is 5.73 Å². The van der Waals surface area contributed by atoms with Crippen molar-refractivity contribution >= 4 is 18.6 Å². The molecule has 12 heavy (non-hydrogen) atoms. The van der Waals surface area contributed by atoms with Gasteiger partial charge >= 0.3 is 5.97 Å². The van der Waals surface area contributed by atoms with E-state index in [4.69, 9.17) is 10.8 Å². The molecule has 0 amide bonds. The zero-order valence-electron chi connectivity index (χ0n) is 7.53. The van der Waals surface area contributed by atoms with Gasteiger partial charge in [0.15, 0.2) is 0 Å². The van der Waals surface area contributed by atoms with Gasteiger partial charge in [-0.1, -0.05) is 20.3 Å². The zero-order chi connectivity index (χ0) is 9.72. The minimum absolute atomic E-state index is 0.0129. The van der Waals surface area contributed by atoms with E-state index in [0.29, 0.717) is 0 Å². The Morgan fingerprint density at radius 3 is 2.50 bits per heavy atom. The molecule has 3 atom stereocenters. The highest BCUT2D eigenvalue weighted by Gasteiger charge is 2.24. The summed E-state index contributed by atoms with van der Waals surface area (Å²) >= 11 is 4.25. The fourth-order valence-corrected chi connectivity index (χ4v) is 1.50. The lowest BCUT2D eigenvalue weighted by atomic mass is 9.97. The summed E-state index contributed by atoms with van der Waals surface area (Å²) in [5, 5.41) is 8.64. The smallest absolute Gasteiger partial charge is 0.307 e. The van der Waals surface area contributed by atoms with E-state index in [-0.39, 0.29) is 11.3 Å². The van der Waals surface area contributed by atoms with Crippen molar-refractivity contribution in [3.05, 3.63) is 0 Å². The largest absolute Gasteiger partial charge is 0.481 e. The molecule has 0 saturated heterocycles. The summed E-state index contributed by atoms with van der Waals surface area (Å²) in [7, 11) is 0. The molecule has 0 spiro atoms. The molecular weight excluding hydrogens is 174 g/mol. The topological polar surface area (TPSA) is 63.3 Å². The molecule has 0 radical (unpaired) electrons. The predicted octanol–water partition coefficient (Wildman–Crippen LogP) is 1.13. The molecule has 0 rings (SSSR count). The Balaban J connectivity index is 3.99. The predicted molar refractivity (Wildman–Crippen MR) is 52.5 cm³/mol. The molecule has 0 aliphatic carbocycles. The van der Waals surface area contributed by atoms with Gasteiger partial charge in [0.05, 0.1) is 5.92 Å². The third-order valence-corrected chi connectivity index (χ3v) is 2.60. The summed E-state index contributed by atoms with van der Waals surface area (Å²) < 4.78 is 0. The maximum Gasteiger partial charge on any atom is 0.307 e. The quantitative estimate of drug-likeness (QED) is 0.571. The normalized spacial score (nSPS) is 18.3. The van der Waals surface area contributed by atoms with Crippen molar-refractivity contribution < 1.29 is 9.90 Å². The highest BCUT2D eigenvalue weighted by atomic mass is 32.1. The third kappa shape index (κ3) is 3.45. The molecule has 4 heteroatoms. The molecule has 3 nitrogen and oxygen atoms in total. The number of hydrogen-bond acceptors (Lipinski definition) is 3. The average molecular weight is 191 g/mol. The lowest BCUT2D eigenvalue weighted by Gasteiger charge is -2.21. The molecule has 0 aromatic heterocycles. The van der Waals surface area contributed by atoms with Crippen LogP contribution >= 0.6 is 12.6 Å². The molecule has 0 heterocycles. The number of rotatable bonds is 5. The number of carboxylic acid groups (broad SMARTS) is 1. The SMILES string of the molecule is CCCC(S)[C@H](N)C(C)C(=O)O. The summed E-state index contributed by atoms with van der Waals surface area (Å²) in [5.41, 5.74) is 5.69. The lowest BCUT2D eigenvalue weighted by molar-refractivity contribution is -0.141. The fourth-order valence-electron chi connectivity index (χ4n) is 0.986. The number of aliphatic carboxylic acids is 1. The second-order valence-corrected chi connectivity index (χ2v) is 3.72. The first-order valence-corrected chi connectivity index (χ1v) is 4.68. The number of thiol groups is 1. The maximum atomic E-state index is 10.5. The van der Waals surface area contributed by atoms with Gasteiger partial charge in [0.1, 0.15) is 0 Å². The number of nitrogens with two attached hydrogens (primary N) is 1. The van der Waals surface area contributed by atoms with Crippen LogP contribution in [0.1, 0.15) is 26.7 Å². The van der Waals surface area contributed by atoms with Crippen molar-refractivity contribution in [2.24, 2.45) is 11.7 Å². The van der Waals surface area contributed by atoms with Gasteiger partial charge in [-0.05, 0) is 6.42 Å². The van der Waals surface area contributed by atoms with Crippen molar-refractivity contribution in [1.29, 1.82) is 0 Å². The Morgan fingerprint density at radius 2 is 2.17 bits per heavy atom. The number of carbonyl (C=O) groups is 1. The monoisotopic (exact) mass is 191 g/mol. The molecule has 0 aliphatic heterocycles. The van der Waals surface area contributed by atoms with Crippen LogP contribution in [-0.4, -0.2) is 22.4 Å². The summed E-state index contributed by atoms with van der Waals surface area (Å²) in [6, 6.07) is -0.356. The van der Waals surface area contributed by atoms with Crippen LogP contribution in [0.4, 0.5) is 0 Å². The Hall–Kier alpha value is -0.220. The Labute approximate surface area is 78.7 Å². The van der Waals surface area contributed by atoms with Gasteiger partial charge in [-0.15, -0.1) is 0 Å². The second-order valence-electron chi connectivity index (χ2n) is 3.06. The van der Waals surface area contributed by atoms with Crippen molar-refractivity contribution in [3.8, 4) is 0 Å². The van der Waals surface area contributed by atoms with Gasteiger partial charge in [-0.25, -0.2) is 0 Å². The molecule has 0 aromatic carbocycles. The summed E-state index contributed by atoms with van der Waals surface area (Å²) in [6.07, 6.45) is 1.84. The van der Waals surface area contributed by atoms with Gasteiger partial charge in [-0.3, -0.25) is 4.79 Å². The van der Waals surface area contributed by atoms with Gasteiger partial charge < -0.3 is 10.8 Å². The van der Waals surface area contributed by atoms with Crippen molar-refractivity contribution in [3.63, 3.8) is 0 Å². The van der Waals surface area contributed by atoms with Crippen molar-refractivity contribution in [2.75, 3.05) is 0 Å². The molecule has 0 saturated carbocycles. The molecule has 3 N–H and O–H groups in total. The average Bonchev–Trinajstić information content (AvgIpc) is 2.02. The van der Waals surface area contributed by atoms with E-state index < -0.39 is 11.9 Å². The first kappa shape index (κ1) is 11.8. The van der Waals surface area contributed by atoms with E-state index in [9.17, 15) is 4.79 Å². The fraction of sp³-hybridized carbons (Fsp3) is 0.875. The van der Waals surface area contributed by atoms with Crippen LogP contribution in [0.25, 0.3) is 0 Å². The highest BCUT2D eigenvalue weighted by Crippen LogP contribution is 2.14. The van der Waals surface area contributed by atoms with E-state index in [1.807, 2.05) is 6.92 Å². The molecule has 0 fully saturated rings. The Morgan fingerprint density at radius 1 is 1.67 bits per heavy atom. The Kier molecular flexibility index (Phi) is 5.33. The minimum atomic E-state index is -0.849. The molecule has 2 unspecified atom stereocenters. The van der Waals surface area contributed by atoms with Crippen molar-refractivity contribution in [1.82, 2.24) is 0 Å². The number of hydrogen-bond donors (Lipinski definition) is 3. The Bertz CT molecular complexity index is 152. The van der Waals surface area contributed by atoms with Crippen LogP contribution in [0.2, 0.25) is 0 Å². The first-order chi connectivity index (χ1) is 5.50. The molecule has 0 aliphatic rings. The van der Waals surface area contributed by atoms with Gasteiger partial charge in [0, 0.05) is 11.3 Å². The maximum absolute atomic E-state index is 10.5. The van der Waals surface area contributed by atoms with Crippen LogP contribution in [0, 0.1) is 5.92 Å². The van der Waals surface area contributed by atoms with Gasteiger partial charge in [0.25, 0.3) is 0 Å². The van der Waals surface area contributed by atoms with Crippen LogP contribution in [0.5, 0.6) is 0 Å². The zero-order valence-corrected chi connectivity index (χ0v) is 8.42. The van der Waals surface area contributed by atoms with E-state index in [2.05, 4.69) is 12.6 Å². The second kappa shape index (κ2) is 5.43. The van der Waals surface area contributed by atoms with E-state index in [1.165, 1.54) is 0 Å². The van der Waals surface area contributed by atoms with Gasteiger partial charge in [-0.2, -0.15) is 12.6 Å². The summed E-state index contributed by atoms with van der Waals surface area (Å²) in [5.74, 6) is -1.36. The summed E-state index contributed by atoms with van der Waals surface area (Å²) in [4.78, 5) is 10.5. The molecular formula is C8H17NO2S. The van der Waals surface area contributed by atoms with Crippen LogP contribution in [0.3, 0.4) is 0 Å². The highest BCUT2D eigenvalue weighted by molar-refractivity contribution is 7.81. The van der Waals surface area contributed by atoms with E-state index in [1.54, 1.807) is 6.92 Å². The van der Waals surface area contributed by atoms with Crippen LogP contribution in [0.15, 0.2) is 0 Å². The summed E-state index contributed by atoms with van der Waals surface area (Å²) in [6.45, 7) is 3.65. The molecule has 72 valence electrons. The lowest BCUT2D eigenvalue weighted by Crippen LogP contribution is -2.40. The number of carboxylic acids is 1. The third-order valence-electron chi connectivity index (χ3n) is 2.00. The van der Waals surface area contributed by atoms with E-state index in [0.717, 1.165) is 12.8 Å². The molecule has 0 aromatic rings. The first-order valence-electron chi connectivity index (χ1n) is 4.17. The van der Waals surface area contributed by atoms with E-state index >= 15 is 0 Å². The van der Waals surface area contributed by atoms with Crippen LogP contribution in [-0.2, 0) is 4.79 Å². The van der Waals surface area contributed by atoms with Gasteiger partial charge in [0.2, 0.25) is 0 Å².